The predicted octanol–water partition coefficient (Wildman–Crippen LogP) is 3.20. The van der Waals surface area contributed by atoms with Crippen molar-refractivity contribution in [1.29, 1.82) is 0 Å². The summed E-state index contributed by atoms with van der Waals surface area (Å²) in [5.41, 5.74) is -0.219. The average Bonchev–Trinajstić information content (AvgIpc) is 2.33. The third kappa shape index (κ3) is 3.04. The number of hydrogen-bond donors (Lipinski definition) is 3. The van der Waals surface area contributed by atoms with Crippen molar-refractivity contribution in [2.24, 2.45) is 4.99 Å². The first-order valence-corrected chi connectivity index (χ1v) is 6.19. The molecule has 0 unspecified atom stereocenters. The third-order valence-corrected chi connectivity index (χ3v) is 3.24. The molecule has 0 saturated carbocycles. The van der Waals surface area contributed by atoms with Crippen LogP contribution in [-0.2, 0) is 0 Å². The Labute approximate surface area is 122 Å². The molecule has 2 aromatic rings. The fourth-order valence-electron chi connectivity index (χ4n) is 1.33. The molecule has 3 N–H and O–H groups in total. The molecule has 0 aliphatic rings. The second-order valence-corrected chi connectivity index (χ2v) is 4.70. The molecule has 2 rings (SSSR count). The number of nitrogens with one attached hydrogen (secondary N) is 2. The first-order valence-electron chi connectivity index (χ1n) is 5.02. The molecule has 0 spiro atoms. The van der Waals surface area contributed by atoms with Crippen LogP contribution in [0.3, 0.4) is 0 Å². The number of hydrogen-bond acceptors (Lipinski definition) is 4. The zero-order chi connectivity index (χ0) is 14.0. The highest BCUT2D eigenvalue weighted by atomic mass is 35.5. The van der Waals surface area contributed by atoms with E-state index in [2.05, 4.69) is 15.0 Å². The summed E-state index contributed by atoms with van der Waals surface area (Å²) in [5, 5.41) is 10.2. The van der Waals surface area contributed by atoms with Gasteiger partial charge in [-0.25, -0.2) is 0 Å². The van der Waals surface area contributed by atoms with Crippen LogP contribution in [0.25, 0.3) is 0 Å². The maximum Gasteiger partial charge on any atom is 0.264 e. The smallest absolute Gasteiger partial charge is 0.264 e. The minimum Gasteiger partial charge on any atom is -0.494 e. The van der Waals surface area contributed by atoms with Crippen molar-refractivity contribution >= 4 is 47.3 Å². The van der Waals surface area contributed by atoms with Gasteiger partial charge in [0.1, 0.15) is 5.56 Å². The van der Waals surface area contributed by atoms with Gasteiger partial charge in [-0.3, -0.25) is 14.8 Å². The van der Waals surface area contributed by atoms with E-state index in [-0.39, 0.29) is 21.2 Å². The van der Waals surface area contributed by atoms with Crippen LogP contribution in [-0.4, -0.2) is 21.3 Å². The van der Waals surface area contributed by atoms with Crippen LogP contribution >= 0.6 is 35.4 Å². The molecule has 19 heavy (non-hydrogen) atoms. The summed E-state index contributed by atoms with van der Waals surface area (Å²) < 4.78 is 0.0282. The van der Waals surface area contributed by atoms with Crippen LogP contribution in [0, 0.1) is 4.77 Å². The van der Waals surface area contributed by atoms with Gasteiger partial charge in [0.15, 0.2) is 4.77 Å². The minimum absolute atomic E-state index is 0.0282. The van der Waals surface area contributed by atoms with E-state index in [1.165, 1.54) is 6.21 Å². The molecule has 0 amide bonds. The Bertz CT molecular complexity index is 767. The zero-order valence-corrected chi connectivity index (χ0v) is 11.6. The highest BCUT2D eigenvalue weighted by Crippen LogP contribution is 2.31. The highest BCUT2D eigenvalue weighted by Gasteiger charge is 2.06. The van der Waals surface area contributed by atoms with Gasteiger partial charge in [-0.1, -0.05) is 29.3 Å². The molecule has 1 aromatic heterocycles. The average molecular weight is 316 g/mol. The molecule has 8 heteroatoms. The second kappa shape index (κ2) is 5.56. The Balaban J connectivity index is 2.47. The van der Waals surface area contributed by atoms with Crippen molar-refractivity contribution in [3.63, 3.8) is 0 Å². The summed E-state index contributed by atoms with van der Waals surface area (Å²) in [6.07, 6.45) is 1.18. The van der Waals surface area contributed by atoms with Crippen molar-refractivity contribution in [3.8, 4) is 5.88 Å². The van der Waals surface area contributed by atoms with Gasteiger partial charge in [0, 0.05) is 6.21 Å². The second-order valence-electron chi connectivity index (χ2n) is 3.50. The SMILES string of the molecule is O=c1[nH]c(=S)[nH]c(O)c1C=Nc1cccc(Cl)c1Cl. The number of benzene rings is 1. The Hall–Kier alpha value is -1.63. The van der Waals surface area contributed by atoms with Gasteiger partial charge in [-0.2, -0.15) is 0 Å². The largest absolute Gasteiger partial charge is 0.494 e. The van der Waals surface area contributed by atoms with Crippen molar-refractivity contribution in [1.82, 2.24) is 9.97 Å². The van der Waals surface area contributed by atoms with Crippen LogP contribution in [0.1, 0.15) is 5.56 Å². The fraction of sp³-hybridized carbons (Fsp3) is 0. The van der Waals surface area contributed by atoms with Crippen LogP contribution in [0.4, 0.5) is 5.69 Å². The Morgan fingerprint density at radius 3 is 2.74 bits per heavy atom. The lowest BCUT2D eigenvalue weighted by molar-refractivity contribution is 0.449. The number of nitrogens with zero attached hydrogens (tertiary/aromatic N) is 1. The maximum atomic E-state index is 11.6. The first kappa shape index (κ1) is 13.8. The molecular weight excluding hydrogens is 309 g/mol. The summed E-state index contributed by atoms with van der Waals surface area (Å²) in [4.78, 5) is 20.3. The normalized spacial score (nSPS) is 11.1. The molecule has 0 aliphatic heterocycles. The summed E-state index contributed by atoms with van der Waals surface area (Å²) in [6.45, 7) is 0. The van der Waals surface area contributed by atoms with E-state index in [0.29, 0.717) is 10.7 Å². The Morgan fingerprint density at radius 1 is 1.32 bits per heavy atom. The molecular formula is C11H7Cl2N3O2S. The lowest BCUT2D eigenvalue weighted by Crippen LogP contribution is -2.13. The first-order chi connectivity index (χ1) is 8.99. The van der Waals surface area contributed by atoms with Crippen LogP contribution < -0.4 is 5.56 Å². The summed E-state index contributed by atoms with van der Waals surface area (Å²) in [5.74, 6) is -0.365. The van der Waals surface area contributed by atoms with E-state index in [1.54, 1.807) is 18.2 Å². The molecule has 0 fully saturated rings. The number of aromatic hydroxyl groups is 1. The van der Waals surface area contributed by atoms with E-state index in [1.807, 2.05) is 0 Å². The van der Waals surface area contributed by atoms with Gasteiger partial charge in [0.2, 0.25) is 5.88 Å². The fourth-order valence-corrected chi connectivity index (χ4v) is 1.86. The number of aliphatic imine (C=N–C) groups is 1. The van der Waals surface area contributed by atoms with E-state index < -0.39 is 5.56 Å². The molecule has 1 aromatic carbocycles. The van der Waals surface area contributed by atoms with Gasteiger partial charge in [0.05, 0.1) is 15.7 Å². The van der Waals surface area contributed by atoms with Crippen molar-refractivity contribution < 1.29 is 5.11 Å². The third-order valence-electron chi connectivity index (χ3n) is 2.22. The minimum atomic E-state index is -0.553. The summed E-state index contributed by atoms with van der Waals surface area (Å²) in [7, 11) is 0. The Morgan fingerprint density at radius 2 is 2.05 bits per heavy atom. The number of aromatic amines is 2. The molecule has 0 radical (unpaired) electrons. The highest BCUT2D eigenvalue weighted by molar-refractivity contribution is 7.71. The van der Waals surface area contributed by atoms with Gasteiger partial charge in [-0.05, 0) is 24.4 Å². The Kier molecular flexibility index (Phi) is 4.04. The van der Waals surface area contributed by atoms with E-state index in [4.69, 9.17) is 35.4 Å². The lowest BCUT2D eigenvalue weighted by atomic mass is 10.3. The predicted molar refractivity (Wildman–Crippen MR) is 77.6 cm³/mol. The quantitative estimate of drug-likeness (QED) is 0.588. The van der Waals surface area contributed by atoms with Gasteiger partial charge in [0.25, 0.3) is 5.56 Å². The number of rotatable bonds is 2. The summed E-state index contributed by atoms with van der Waals surface area (Å²) in [6, 6.07) is 4.91. The molecule has 0 bridgehead atoms. The van der Waals surface area contributed by atoms with Gasteiger partial charge in [-0.15, -0.1) is 0 Å². The van der Waals surface area contributed by atoms with Gasteiger partial charge < -0.3 is 10.1 Å². The lowest BCUT2D eigenvalue weighted by Gasteiger charge is -2.00. The molecule has 5 nitrogen and oxygen atoms in total. The number of halogens is 2. The number of H-pyrrole nitrogens is 2. The van der Waals surface area contributed by atoms with Crippen LogP contribution in [0.5, 0.6) is 5.88 Å². The topological polar surface area (TPSA) is 81.2 Å². The van der Waals surface area contributed by atoms with E-state index >= 15 is 0 Å². The van der Waals surface area contributed by atoms with Gasteiger partial charge >= 0.3 is 0 Å². The monoisotopic (exact) mass is 315 g/mol. The van der Waals surface area contributed by atoms with Crippen molar-refractivity contribution in [2.75, 3.05) is 0 Å². The number of aromatic nitrogens is 2. The maximum absolute atomic E-state index is 11.6. The van der Waals surface area contributed by atoms with Crippen LogP contribution in [0.2, 0.25) is 10.0 Å². The molecule has 98 valence electrons. The van der Waals surface area contributed by atoms with Crippen LogP contribution in [0.15, 0.2) is 28.0 Å². The standard InChI is InChI=1S/C11H7Cl2N3O2S/c12-6-2-1-3-7(8(6)13)14-4-5-9(17)15-11(19)16-10(5)18/h1-4H,(H3,15,16,17,18,19). The molecule has 0 aliphatic carbocycles. The van der Waals surface area contributed by atoms with Crippen molar-refractivity contribution in [2.45, 2.75) is 0 Å². The van der Waals surface area contributed by atoms with E-state index in [0.717, 1.165) is 0 Å². The molecule has 0 atom stereocenters. The van der Waals surface area contributed by atoms with Crippen molar-refractivity contribution in [3.05, 3.63) is 48.9 Å². The zero-order valence-electron chi connectivity index (χ0n) is 9.28. The summed E-state index contributed by atoms with van der Waals surface area (Å²) >= 11 is 16.5. The molecule has 1 heterocycles. The molecule has 0 saturated heterocycles. The van der Waals surface area contributed by atoms with E-state index in [9.17, 15) is 9.90 Å².